The molecule has 3 heteroatoms. The van der Waals surface area contributed by atoms with Gasteiger partial charge in [0.05, 0.1) is 6.04 Å². The van der Waals surface area contributed by atoms with Gasteiger partial charge in [-0.15, -0.1) is 0 Å². The second kappa shape index (κ2) is 3.37. The predicted molar refractivity (Wildman–Crippen MR) is 44.7 cm³/mol. The van der Waals surface area contributed by atoms with Crippen molar-refractivity contribution in [3.8, 4) is 0 Å². The van der Waals surface area contributed by atoms with Crippen LogP contribution in [-0.2, 0) is 4.79 Å². The number of furan rings is 1. The Labute approximate surface area is 71.1 Å². The van der Waals surface area contributed by atoms with Crippen LogP contribution in [0.3, 0.4) is 0 Å². The van der Waals surface area contributed by atoms with Gasteiger partial charge >= 0.3 is 0 Å². The fourth-order valence-electron chi connectivity index (χ4n) is 1.21. The van der Waals surface area contributed by atoms with E-state index in [1.807, 2.05) is 26.8 Å². The Morgan fingerprint density at radius 1 is 1.58 bits per heavy atom. The van der Waals surface area contributed by atoms with Crippen molar-refractivity contribution in [3.05, 3.63) is 23.2 Å². The molecule has 0 saturated carbocycles. The van der Waals surface area contributed by atoms with Crippen molar-refractivity contribution in [3.63, 3.8) is 0 Å². The molecule has 0 aliphatic carbocycles. The number of hydrogen-bond acceptors (Lipinski definition) is 3. The third kappa shape index (κ3) is 1.63. The molecule has 0 fully saturated rings. The van der Waals surface area contributed by atoms with Crippen molar-refractivity contribution in [2.75, 3.05) is 0 Å². The van der Waals surface area contributed by atoms with Crippen molar-refractivity contribution in [1.82, 2.24) is 0 Å². The lowest BCUT2D eigenvalue weighted by Gasteiger charge is -1.99. The van der Waals surface area contributed by atoms with Crippen LogP contribution in [0.5, 0.6) is 0 Å². The summed E-state index contributed by atoms with van der Waals surface area (Å²) in [4.78, 5) is 13.6. The Morgan fingerprint density at radius 3 is 2.67 bits per heavy atom. The second-order valence-corrected chi connectivity index (χ2v) is 2.76. The Morgan fingerprint density at radius 2 is 2.25 bits per heavy atom. The van der Waals surface area contributed by atoms with E-state index in [-0.39, 0.29) is 6.04 Å². The summed E-state index contributed by atoms with van der Waals surface area (Å²) in [6, 6.07) is 1.74. The van der Waals surface area contributed by atoms with Crippen LogP contribution in [0, 0.1) is 13.8 Å². The molecule has 1 aromatic rings. The van der Waals surface area contributed by atoms with Crippen LogP contribution in [-0.4, -0.2) is 6.08 Å². The molecule has 12 heavy (non-hydrogen) atoms. The van der Waals surface area contributed by atoms with Gasteiger partial charge in [0.15, 0.2) is 0 Å². The molecule has 0 aromatic carbocycles. The Bertz CT molecular complexity index is 321. The first-order chi connectivity index (χ1) is 5.65. The van der Waals surface area contributed by atoms with Crippen LogP contribution in [0.25, 0.3) is 0 Å². The van der Waals surface area contributed by atoms with Crippen LogP contribution < -0.4 is 0 Å². The highest BCUT2D eigenvalue weighted by atomic mass is 16.3. The van der Waals surface area contributed by atoms with Gasteiger partial charge in [0, 0.05) is 5.56 Å². The van der Waals surface area contributed by atoms with E-state index in [2.05, 4.69) is 4.99 Å². The molecule has 0 aliphatic heterocycles. The Hall–Kier alpha value is -1.34. The van der Waals surface area contributed by atoms with Crippen molar-refractivity contribution in [1.29, 1.82) is 0 Å². The van der Waals surface area contributed by atoms with Crippen molar-refractivity contribution in [2.24, 2.45) is 4.99 Å². The number of rotatable bonds is 2. The Kier molecular flexibility index (Phi) is 2.46. The zero-order valence-corrected chi connectivity index (χ0v) is 7.42. The van der Waals surface area contributed by atoms with E-state index in [1.54, 1.807) is 0 Å². The summed E-state index contributed by atoms with van der Waals surface area (Å²) in [7, 11) is 0. The summed E-state index contributed by atoms with van der Waals surface area (Å²) >= 11 is 0. The number of nitrogens with zero attached hydrogens (tertiary/aromatic N) is 1. The summed E-state index contributed by atoms with van der Waals surface area (Å²) < 4.78 is 5.29. The highest BCUT2D eigenvalue weighted by Gasteiger charge is 2.10. The molecule has 1 rings (SSSR count). The zero-order chi connectivity index (χ0) is 9.14. The van der Waals surface area contributed by atoms with Gasteiger partial charge in [-0.05, 0) is 26.8 Å². The van der Waals surface area contributed by atoms with Gasteiger partial charge in [0.1, 0.15) is 11.5 Å². The standard InChI is InChI=1S/C9H11NO2/c1-6-4-9(8(3)12-6)7(2)10-5-11/h4,7H,1-3H3/t7-/m1/s1. The molecular weight excluding hydrogens is 154 g/mol. The normalized spacial score (nSPS) is 12.2. The van der Waals surface area contributed by atoms with Gasteiger partial charge in [-0.25, -0.2) is 4.79 Å². The first kappa shape index (κ1) is 8.75. The van der Waals surface area contributed by atoms with E-state index < -0.39 is 0 Å². The van der Waals surface area contributed by atoms with E-state index >= 15 is 0 Å². The number of aryl methyl sites for hydroxylation is 2. The molecule has 1 aromatic heterocycles. The maximum atomic E-state index is 9.98. The number of hydrogen-bond donors (Lipinski definition) is 0. The zero-order valence-electron chi connectivity index (χ0n) is 7.42. The average Bonchev–Trinajstić information content (AvgIpc) is 2.30. The topological polar surface area (TPSA) is 42.6 Å². The fraction of sp³-hybridized carbons (Fsp3) is 0.444. The number of isocyanates is 1. The average molecular weight is 165 g/mol. The van der Waals surface area contributed by atoms with Crippen molar-refractivity contribution in [2.45, 2.75) is 26.8 Å². The van der Waals surface area contributed by atoms with E-state index in [0.717, 1.165) is 17.1 Å². The van der Waals surface area contributed by atoms with Gasteiger partial charge in [-0.2, -0.15) is 4.99 Å². The summed E-state index contributed by atoms with van der Waals surface area (Å²) in [5.74, 6) is 1.66. The molecule has 64 valence electrons. The van der Waals surface area contributed by atoms with E-state index in [4.69, 9.17) is 4.42 Å². The Balaban J connectivity index is 3.01. The van der Waals surface area contributed by atoms with Crippen molar-refractivity contribution >= 4 is 6.08 Å². The van der Waals surface area contributed by atoms with E-state index in [0.29, 0.717) is 0 Å². The third-order valence-corrected chi connectivity index (χ3v) is 1.78. The van der Waals surface area contributed by atoms with Crippen LogP contribution in [0.15, 0.2) is 15.5 Å². The van der Waals surface area contributed by atoms with Gasteiger partial charge in [-0.1, -0.05) is 0 Å². The number of aliphatic imine (C=N–C) groups is 1. The monoisotopic (exact) mass is 165 g/mol. The first-order valence-electron chi connectivity index (χ1n) is 3.79. The lowest BCUT2D eigenvalue weighted by atomic mass is 10.1. The van der Waals surface area contributed by atoms with E-state index in [1.165, 1.54) is 6.08 Å². The molecule has 0 saturated heterocycles. The molecule has 1 heterocycles. The first-order valence-corrected chi connectivity index (χ1v) is 3.79. The maximum Gasteiger partial charge on any atom is 0.235 e. The summed E-state index contributed by atoms with van der Waals surface area (Å²) in [6.45, 7) is 5.56. The lowest BCUT2D eigenvalue weighted by Crippen LogP contribution is -1.88. The molecule has 0 radical (unpaired) electrons. The molecule has 0 aliphatic rings. The third-order valence-electron chi connectivity index (χ3n) is 1.78. The van der Waals surface area contributed by atoms with Crippen molar-refractivity contribution < 1.29 is 9.21 Å². The van der Waals surface area contributed by atoms with Gasteiger partial charge in [0.25, 0.3) is 0 Å². The SMILES string of the molecule is Cc1cc([C@@H](C)N=C=O)c(C)o1. The minimum absolute atomic E-state index is 0.153. The van der Waals surface area contributed by atoms with Gasteiger partial charge in [0.2, 0.25) is 6.08 Å². The highest BCUT2D eigenvalue weighted by molar-refractivity contribution is 5.36. The van der Waals surface area contributed by atoms with Crippen LogP contribution in [0.2, 0.25) is 0 Å². The quantitative estimate of drug-likeness (QED) is 0.498. The highest BCUT2D eigenvalue weighted by Crippen LogP contribution is 2.23. The predicted octanol–water partition coefficient (Wildman–Crippen LogP) is 2.29. The maximum absolute atomic E-state index is 9.98. The molecule has 3 nitrogen and oxygen atoms in total. The van der Waals surface area contributed by atoms with Crippen LogP contribution in [0.4, 0.5) is 0 Å². The summed E-state index contributed by atoms with van der Waals surface area (Å²) in [6.07, 6.45) is 1.54. The number of carbonyl (C=O) groups excluding carboxylic acids is 1. The molecular formula is C9H11NO2. The molecule has 0 amide bonds. The molecule has 0 unspecified atom stereocenters. The minimum atomic E-state index is -0.153. The lowest BCUT2D eigenvalue weighted by molar-refractivity contribution is 0.498. The molecule has 1 atom stereocenters. The minimum Gasteiger partial charge on any atom is -0.466 e. The summed E-state index contributed by atoms with van der Waals surface area (Å²) in [5.41, 5.74) is 0.954. The second-order valence-electron chi connectivity index (χ2n) is 2.76. The van der Waals surface area contributed by atoms with Crippen LogP contribution >= 0.6 is 0 Å². The van der Waals surface area contributed by atoms with Gasteiger partial charge < -0.3 is 4.42 Å². The fourth-order valence-corrected chi connectivity index (χ4v) is 1.21. The molecule has 0 bridgehead atoms. The van der Waals surface area contributed by atoms with Crippen LogP contribution in [0.1, 0.15) is 30.0 Å². The molecule has 0 N–H and O–H groups in total. The molecule has 0 spiro atoms. The largest absolute Gasteiger partial charge is 0.466 e. The van der Waals surface area contributed by atoms with E-state index in [9.17, 15) is 4.79 Å². The smallest absolute Gasteiger partial charge is 0.235 e. The summed E-state index contributed by atoms with van der Waals surface area (Å²) in [5, 5.41) is 0. The van der Waals surface area contributed by atoms with Gasteiger partial charge in [-0.3, -0.25) is 0 Å².